The number of para-hydroxylation sites is 1. The van der Waals surface area contributed by atoms with Gasteiger partial charge in [-0.05, 0) is 62.3 Å². The van der Waals surface area contributed by atoms with E-state index in [1.165, 1.54) is 7.11 Å². The van der Waals surface area contributed by atoms with Crippen molar-refractivity contribution in [3.8, 4) is 5.75 Å². The molecule has 1 aliphatic rings. The summed E-state index contributed by atoms with van der Waals surface area (Å²) in [6.45, 7) is 1.85. The maximum atomic E-state index is 13.0. The Morgan fingerprint density at radius 1 is 1.15 bits per heavy atom. The van der Waals surface area contributed by atoms with E-state index in [0.29, 0.717) is 21.6 Å². The molecule has 7 nitrogen and oxygen atoms in total. The van der Waals surface area contributed by atoms with Gasteiger partial charge in [-0.25, -0.2) is 0 Å². The van der Waals surface area contributed by atoms with E-state index in [4.69, 9.17) is 33.0 Å². The molecule has 1 aromatic heterocycles. The van der Waals surface area contributed by atoms with Crippen LogP contribution < -0.4 is 20.8 Å². The second kappa shape index (κ2) is 10.1. The van der Waals surface area contributed by atoms with Crippen LogP contribution >= 0.6 is 23.8 Å². The average molecular weight is 483 g/mol. The zero-order valence-corrected chi connectivity index (χ0v) is 19.8. The summed E-state index contributed by atoms with van der Waals surface area (Å²) in [4.78, 5) is 13.0. The molecule has 33 heavy (non-hydrogen) atoms. The molecule has 170 valence electrons. The molecule has 1 aliphatic carbocycles. The summed E-state index contributed by atoms with van der Waals surface area (Å²) in [5.74, 6) is 1.11. The molecule has 1 heterocycles. The molecule has 0 spiro atoms. The minimum Gasteiger partial charge on any atom is -0.495 e. The number of rotatable bonds is 5. The number of carbonyl (C=O) groups is 1. The predicted octanol–water partition coefficient (Wildman–Crippen LogP) is 5.53. The zero-order valence-electron chi connectivity index (χ0n) is 18.2. The molecule has 3 N–H and O–H groups in total. The lowest BCUT2D eigenvalue weighted by atomic mass is 9.93. The summed E-state index contributed by atoms with van der Waals surface area (Å²) < 4.78 is 11.3. The first-order valence-electron chi connectivity index (χ1n) is 10.4. The predicted molar refractivity (Wildman–Crippen MR) is 135 cm³/mol. The van der Waals surface area contributed by atoms with Crippen LogP contribution in [0.5, 0.6) is 5.75 Å². The number of hydrogen-bond acceptors (Lipinski definition) is 5. The van der Waals surface area contributed by atoms with Gasteiger partial charge in [-0.15, -0.1) is 0 Å². The van der Waals surface area contributed by atoms with E-state index in [1.807, 2.05) is 37.3 Å². The number of carbonyl (C=O) groups excluding carboxylic acids is 1. The molecule has 0 saturated carbocycles. The number of halogens is 1. The highest BCUT2D eigenvalue weighted by Crippen LogP contribution is 2.32. The first-order chi connectivity index (χ1) is 16.0. The highest BCUT2D eigenvalue weighted by atomic mass is 35.5. The van der Waals surface area contributed by atoms with Crippen molar-refractivity contribution in [1.29, 1.82) is 0 Å². The van der Waals surface area contributed by atoms with Crippen molar-refractivity contribution in [2.75, 3.05) is 17.7 Å². The lowest BCUT2D eigenvalue weighted by molar-refractivity contribution is 0.0993. The minimum atomic E-state index is -0.379. The molecular formula is C24H23ClN4O3S. The highest BCUT2D eigenvalue weighted by molar-refractivity contribution is 7.80. The summed E-state index contributed by atoms with van der Waals surface area (Å²) in [5.41, 5.74) is 6.62. The van der Waals surface area contributed by atoms with Gasteiger partial charge in [-0.1, -0.05) is 29.8 Å². The Bertz CT molecular complexity index is 1220. The smallest absolute Gasteiger partial charge is 0.291 e. The van der Waals surface area contributed by atoms with Crippen LogP contribution in [0.3, 0.4) is 0 Å². The second-order valence-electron chi connectivity index (χ2n) is 7.50. The van der Waals surface area contributed by atoms with Gasteiger partial charge in [0.2, 0.25) is 0 Å². The van der Waals surface area contributed by atoms with Crippen molar-refractivity contribution >= 4 is 51.9 Å². The van der Waals surface area contributed by atoms with Crippen LogP contribution in [-0.2, 0) is 6.42 Å². The van der Waals surface area contributed by atoms with Gasteiger partial charge in [0.1, 0.15) is 11.5 Å². The number of methoxy groups -OCH3 is 1. The zero-order chi connectivity index (χ0) is 23.4. The molecule has 0 aliphatic heterocycles. The Labute approximate surface area is 202 Å². The topological polar surface area (TPSA) is 87.9 Å². The van der Waals surface area contributed by atoms with E-state index >= 15 is 0 Å². The van der Waals surface area contributed by atoms with Gasteiger partial charge >= 0.3 is 0 Å². The summed E-state index contributed by atoms with van der Waals surface area (Å²) in [6, 6.07) is 14.6. The third kappa shape index (κ3) is 5.18. The Morgan fingerprint density at radius 3 is 2.70 bits per heavy atom. The van der Waals surface area contributed by atoms with E-state index in [-0.39, 0.29) is 11.7 Å². The number of hydrazone groups is 1. The number of anilines is 2. The fourth-order valence-corrected chi connectivity index (χ4v) is 4.09. The maximum absolute atomic E-state index is 13.0. The number of benzene rings is 2. The van der Waals surface area contributed by atoms with Gasteiger partial charge < -0.3 is 19.8 Å². The minimum absolute atomic E-state index is 0.238. The van der Waals surface area contributed by atoms with Gasteiger partial charge in [0, 0.05) is 28.3 Å². The lowest BCUT2D eigenvalue weighted by Crippen LogP contribution is -2.26. The molecular weight excluding hydrogens is 460 g/mol. The Hall–Kier alpha value is -3.36. The molecule has 3 aromatic rings. The fourth-order valence-electron chi connectivity index (χ4n) is 3.75. The molecule has 0 radical (unpaired) electrons. The van der Waals surface area contributed by atoms with Crippen molar-refractivity contribution < 1.29 is 13.9 Å². The molecule has 4 rings (SSSR count). The molecule has 0 fully saturated rings. The van der Waals surface area contributed by atoms with Crippen molar-refractivity contribution in [3.63, 3.8) is 0 Å². The number of thiocarbonyl (C=S) groups is 1. The normalized spacial score (nSPS) is 13.8. The number of nitrogens with one attached hydrogen (secondary N) is 3. The van der Waals surface area contributed by atoms with Crippen LogP contribution in [0.1, 0.15) is 40.3 Å². The van der Waals surface area contributed by atoms with Crippen LogP contribution in [0, 0.1) is 6.92 Å². The summed E-state index contributed by atoms with van der Waals surface area (Å²) in [7, 11) is 1.53. The Morgan fingerprint density at radius 2 is 1.94 bits per heavy atom. The van der Waals surface area contributed by atoms with E-state index < -0.39 is 0 Å². The van der Waals surface area contributed by atoms with E-state index in [2.05, 4.69) is 21.2 Å². The van der Waals surface area contributed by atoms with Gasteiger partial charge in [0.05, 0.1) is 18.5 Å². The van der Waals surface area contributed by atoms with E-state index in [0.717, 1.165) is 47.5 Å². The fraction of sp³-hybridized carbons (Fsp3) is 0.208. The lowest BCUT2D eigenvalue weighted by Gasteiger charge is -2.14. The largest absolute Gasteiger partial charge is 0.495 e. The standard InChI is InChI=1S/C24H23ClN4O3S/c1-14-21-17(28-29-24(33)26-16-7-4-3-5-8-16)9-6-10-20(21)32-22(14)23(30)27-18-13-15(25)11-12-19(18)31-2/h3-5,7-8,11-13H,6,9-10H2,1-2H3,(H,27,30)(H2,26,29,33)/b28-17+. The molecule has 0 atom stereocenters. The number of amides is 1. The first-order valence-corrected chi connectivity index (χ1v) is 11.2. The van der Waals surface area contributed by atoms with E-state index in [9.17, 15) is 4.79 Å². The number of furan rings is 1. The van der Waals surface area contributed by atoms with Crippen LogP contribution in [0.2, 0.25) is 5.02 Å². The summed E-state index contributed by atoms with van der Waals surface area (Å²) in [5, 5.41) is 11.3. The van der Waals surface area contributed by atoms with Crippen molar-refractivity contribution in [1.82, 2.24) is 5.43 Å². The number of nitrogens with zero attached hydrogens (tertiary/aromatic N) is 1. The quantitative estimate of drug-likeness (QED) is 0.327. The van der Waals surface area contributed by atoms with Crippen molar-refractivity contribution in [2.45, 2.75) is 26.2 Å². The molecule has 1 amide bonds. The third-order valence-corrected chi connectivity index (χ3v) is 5.69. The number of hydrogen-bond donors (Lipinski definition) is 3. The van der Waals surface area contributed by atoms with Crippen molar-refractivity contribution in [2.24, 2.45) is 5.10 Å². The van der Waals surface area contributed by atoms with E-state index in [1.54, 1.807) is 18.2 Å². The number of fused-ring (bicyclic) bond motifs is 1. The maximum Gasteiger partial charge on any atom is 0.291 e. The molecule has 0 unspecified atom stereocenters. The molecule has 0 bridgehead atoms. The first kappa shape index (κ1) is 22.8. The van der Waals surface area contributed by atoms with Gasteiger partial charge in [-0.3, -0.25) is 10.2 Å². The van der Waals surface area contributed by atoms with Crippen molar-refractivity contribution in [3.05, 3.63) is 76.2 Å². The third-order valence-electron chi connectivity index (χ3n) is 5.27. The molecule has 2 aromatic carbocycles. The van der Waals surface area contributed by atoms with Crippen LogP contribution in [0.4, 0.5) is 11.4 Å². The second-order valence-corrected chi connectivity index (χ2v) is 8.34. The summed E-state index contributed by atoms with van der Waals surface area (Å²) in [6.07, 6.45) is 2.34. The highest BCUT2D eigenvalue weighted by Gasteiger charge is 2.28. The van der Waals surface area contributed by atoms with Gasteiger partial charge in [-0.2, -0.15) is 5.10 Å². The Kier molecular flexibility index (Phi) is 6.96. The molecule has 9 heteroatoms. The van der Waals surface area contributed by atoms with Crippen LogP contribution in [0.25, 0.3) is 0 Å². The summed E-state index contributed by atoms with van der Waals surface area (Å²) >= 11 is 11.4. The average Bonchev–Trinajstić information content (AvgIpc) is 3.16. The number of ether oxygens (including phenoxy) is 1. The van der Waals surface area contributed by atoms with Crippen LogP contribution in [-0.4, -0.2) is 23.8 Å². The molecule has 0 saturated heterocycles. The van der Waals surface area contributed by atoms with Gasteiger partial charge in [0.15, 0.2) is 10.9 Å². The SMILES string of the molecule is COc1ccc(Cl)cc1NC(=O)c1oc2c(c1C)/C(=N/NC(=S)Nc1ccccc1)CCC2. The van der Waals surface area contributed by atoms with Gasteiger partial charge in [0.25, 0.3) is 5.91 Å². The Balaban J connectivity index is 1.54. The van der Waals surface area contributed by atoms with Crippen LogP contribution in [0.15, 0.2) is 58.0 Å². The monoisotopic (exact) mass is 482 g/mol. The number of aryl methyl sites for hydroxylation is 1.